The van der Waals surface area contributed by atoms with E-state index < -0.39 is 23.5 Å². The minimum atomic E-state index is -0.926. The molecule has 0 bridgehead atoms. The highest BCUT2D eigenvalue weighted by Crippen LogP contribution is 2.34. The number of benzene rings is 1. The molecule has 0 saturated heterocycles. The summed E-state index contributed by atoms with van der Waals surface area (Å²) in [6.07, 6.45) is 1.78. The lowest BCUT2D eigenvalue weighted by molar-refractivity contribution is -0.147. The average molecular weight is 346 g/mol. The zero-order valence-corrected chi connectivity index (χ0v) is 14.1. The summed E-state index contributed by atoms with van der Waals surface area (Å²) in [5.74, 6) is -1.75. The molecule has 1 aliphatic carbocycles. The number of rotatable bonds is 4. The van der Waals surface area contributed by atoms with Gasteiger partial charge < -0.3 is 20.5 Å². The monoisotopic (exact) mass is 346 g/mol. The van der Waals surface area contributed by atoms with Crippen LogP contribution in [0.25, 0.3) is 0 Å². The third-order valence-corrected chi connectivity index (χ3v) is 5.01. The summed E-state index contributed by atoms with van der Waals surface area (Å²) >= 11 is 0. The van der Waals surface area contributed by atoms with Gasteiger partial charge >= 0.3 is 5.97 Å². The summed E-state index contributed by atoms with van der Waals surface area (Å²) in [4.78, 5) is 36.1. The highest BCUT2D eigenvalue weighted by Gasteiger charge is 2.42. The van der Waals surface area contributed by atoms with E-state index in [1.165, 1.54) is 0 Å². The number of amides is 2. The normalized spacial score (nSPS) is 28.3. The van der Waals surface area contributed by atoms with Crippen molar-refractivity contribution in [2.24, 2.45) is 5.92 Å². The number of para-hydroxylation sites is 2. The van der Waals surface area contributed by atoms with Gasteiger partial charge in [0.05, 0.1) is 23.6 Å². The second-order valence-electron chi connectivity index (χ2n) is 6.90. The van der Waals surface area contributed by atoms with Crippen LogP contribution in [0.5, 0.6) is 5.75 Å². The van der Waals surface area contributed by atoms with Crippen LogP contribution in [0.4, 0.5) is 5.69 Å². The lowest BCUT2D eigenvalue weighted by Gasteiger charge is -2.40. The summed E-state index contributed by atoms with van der Waals surface area (Å²) in [5.41, 5.74) is -0.223. The van der Waals surface area contributed by atoms with Crippen molar-refractivity contribution in [3.05, 3.63) is 24.3 Å². The van der Waals surface area contributed by atoms with E-state index in [1.54, 1.807) is 31.2 Å². The number of carbonyl (C=O) groups excluding carboxylic acids is 2. The van der Waals surface area contributed by atoms with E-state index in [9.17, 15) is 19.5 Å². The minimum absolute atomic E-state index is 0.151. The number of nitrogens with one attached hydrogen (secondary N) is 2. The fraction of sp³-hybridized carbons (Fsp3) is 0.500. The van der Waals surface area contributed by atoms with E-state index in [4.69, 9.17) is 4.74 Å². The predicted octanol–water partition coefficient (Wildman–Crippen LogP) is 1.93. The molecule has 1 saturated carbocycles. The van der Waals surface area contributed by atoms with E-state index in [1.807, 2.05) is 0 Å². The first-order chi connectivity index (χ1) is 11.9. The summed E-state index contributed by atoms with van der Waals surface area (Å²) < 4.78 is 5.62. The average Bonchev–Trinajstić information content (AvgIpc) is 2.55. The molecule has 7 nitrogen and oxygen atoms in total. The molecule has 3 unspecified atom stereocenters. The second kappa shape index (κ2) is 6.74. The van der Waals surface area contributed by atoms with E-state index in [2.05, 4.69) is 10.6 Å². The molecule has 3 rings (SSSR count). The zero-order valence-electron chi connectivity index (χ0n) is 14.1. The maximum atomic E-state index is 12.4. The molecule has 7 heteroatoms. The van der Waals surface area contributed by atoms with Crippen LogP contribution in [0.2, 0.25) is 0 Å². The lowest BCUT2D eigenvalue weighted by Crippen LogP contribution is -2.56. The molecule has 3 atom stereocenters. The summed E-state index contributed by atoms with van der Waals surface area (Å²) in [5, 5.41) is 15.0. The number of hydrogen-bond donors (Lipinski definition) is 3. The molecule has 2 aliphatic rings. The fourth-order valence-electron chi connectivity index (χ4n) is 3.64. The Morgan fingerprint density at radius 3 is 2.88 bits per heavy atom. The second-order valence-corrected chi connectivity index (χ2v) is 6.90. The predicted molar refractivity (Wildman–Crippen MR) is 90.2 cm³/mol. The standard InChI is InChI=1S/C18H22N2O5/c1-18(9-5-4-6-11(18)17(23)24)20-15(21)10-14-16(22)19-12-7-2-3-8-13(12)25-14/h2-3,7-8,11,14H,4-6,9-10H2,1H3,(H,19,22)(H,20,21)(H,23,24). The van der Waals surface area contributed by atoms with Crippen molar-refractivity contribution in [1.29, 1.82) is 0 Å². The highest BCUT2D eigenvalue weighted by molar-refractivity contribution is 6.00. The van der Waals surface area contributed by atoms with Gasteiger partial charge in [-0.05, 0) is 31.9 Å². The molecule has 1 heterocycles. The van der Waals surface area contributed by atoms with Gasteiger partial charge in [0.2, 0.25) is 5.91 Å². The molecule has 1 aromatic carbocycles. The van der Waals surface area contributed by atoms with Crippen molar-refractivity contribution in [1.82, 2.24) is 5.32 Å². The largest absolute Gasteiger partial charge is 0.481 e. The first kappa shape index (κ1) is 17.3. The molecule has 0 radical (unpaired) electrons. The van der Waals surface area contributed by atoms with Crippen molar-refractivity contribution in [2.75, 3.05) is 5.32 Å². The van der Waals surface area contributed by atoms with Gasteiger partial charge in [-0.25, -0.2) is 0 Å². The van der Waals surface area contributed by atoms with Crippen LogP contribution in [0.15, 0.2) is 24.3 Å². The molecule has 1 fully saturated rings. The van der Waals surface area contributed by atoms with Crippen LogP contribution >= 0.6 is 0 Å². The molecule has 134 valence electrons. The van der Waals surface area contributed by atoms with Crippen molar-refractivity contribution in [3.8, 4) is 5.75 Å². The Labute approximate surface area is 145 Å². The number of anilines is 1. The Kier molecular flexibility index (Phi) is 4.65. The quantitative estimate of drug-likeness (QED) is 0.773. The number of carbonyl (C=O) groups is 3. The van der Waals surface area contributed by atoms with Gasteiger partial charge in [-0.1, -0.05) is 25.0 Å². The summed E-state index contributed by atoms with van der Waals surface area (Å²) in [6, 6.07) is 7.02. The van der Waals surface area contributed by atoms with E-state index in [0.717, 1.165) is 12.8 Å². The molecular weight excluding hydrogens is 324 g/mol. The number of fused-ring (bicyclic) bond motifs is 1. The van der Waals surface area contributed by atoms with Gasteiger partial charge in [-0.3, -0.25) is 14.4 Å². The van der Waals surface area contributed by atoms with Crippen molar-refractivity contribution < 1.29 is 24.2 Å². The molecule has 25 heavy (non-hydrogen) atoms. The van der Waals surface area contributed by atoms with Gasteiger partial charge in [-0.2, -0.15) is 0 Å². The van der Waals surface area contributed by atoms with Crippen LogP contribution in [0.1, 0.15) is 39.0 Å². The van der Waals surface area contributed by atoms with E-state index in [-0.39, 0.29) is 18.2 Å². The smallest absolute Gasteiger partial charge is 0.308 e. The van der Waals surface area contributed by atoms with E-state index >= 15 is 0 Å². The maximum Gasteiger partial charge on any atom is 0.308 e. The zero-order chi connectivity index (χ0) is 18.0. The number of hydrogen-bond acceptors (Lipinski definition) is 4. The van der Waals surface area contributed by atoms with Crippen molar-refractivity contribution >= 4 is 23.5 Å². The SMILES string of the molecule is CC1(NC(=O)CC2Oc3ccccc3NC2=O)CCCCC1C(=O)O. The van der Waals surface area contributed by atoms with Crippen LogP contribution in [0, 0.1) is 5.92 Å². The van der Waals surface area contributed by atoms with Gasteiger partial charge in [0.25, 0.3) is 5.91 Å². The van der Waals surface area contributed by atoms with Crippen molar-refractivity contribution in [2.45, 2.75) is 50.7 Å². The third-order valence-electron chi connectivity index (χ3n) is 5.01. The Bertz CT molecular complexity index is 704. The topological polar surface area (TPSA) is 105 Å². The summed E-state index contributed by atoms with van der Waals surface area (Å²) in [6.45, 7) is 1.76. The van der Waals surface area contributed by atoms with Gasteiger partial charge in [-0.15, -0.1) is 0 Å². The van der Waals surface area contributed by atoms with Crippen LogP contribution in [0.3, 0.4) is 0 Å². The number of aliphatic carboxylic acids is 1. The first-order valence-electron chi connectivity index (χ1n) is 8.49. The van der Waals surface area contributed by atoms with Crippen LogP contribution in [-0.4, -0.2) is 34.5 Å². The van der Waals surface area contributed by atoms with Gasteiger partial charge in [0.1, 0.15) is 5.75 Å². The highest BCUT2D eigenvalue weighted by atomic mass is 16.5. The van der Waals surface area contributed by atoms with E-state index in [0.29, 0.717) is 24.3 Å². The Morgan fingerprint density at radius 1 is 1.36 bits per heavy atom. The molecule has 0 spiro atoms. The Morgan fingerprint density at radius 2 is 2.12 bits per heavy atom. The lowest BCUT2D eigenvalue weighted by atomic mass is 9.74. The van der Waals surface area contributed by atoms with Crippen molar-refractivity contribution in [3.63, 3.8) is 0 Å². The first-order valence-corrected chi connectivity index (χ1v) is 8.49. The van der Waals surface area contributed by atoms with Crippen LogP contribution in [-0.2, 0) is 14.4 Å². The molecule has 1 aromatic rings. The molecule has 1 aliphatic heterocycles. The van der Waals surface area contributed by atoms with Gasteiger partial charge in [0, 0.05) is 0 Å². The number of carboxylic acid groups (broad SMARTS) is 1. The fourth-order valence-corrected chi connectivity index (χ4v) is 3.64. The van der Waals surface area contributed by atoms with Gasteiger partial charge in [0.15, 0.2) is 6.10 Å². The third kappa shape index (κ3) is 3.60. The molecule has 2 amide bonds. The Hall–Kier alpha value is -2.57. The molecule has 0 aromatic heterocycles. The molecule has 3 N–H and O–H groups in total. The Balaban J connectivity index is 1.66. The minimum Gasteiger partial charge on any atom is -0.481 e. The number of carboxylic acids is 1. The van der Waals surface area contributed by atoms with Crippen LogP contribution < -0.4 is 15.4 Å². The maximum absolute atomic E-state index is 12.4. The molecular formula is C18H22N2O5. The summed E-state index contributed by atoms with van der Waals surface area (Å²) in [7, 11) is 0. The number of ether oxygens (including phenoxy) is 1.